The normalized spacial score (nSPS) is 18.6. The molecule has 0 unspecified atom stereocenters. The van der Waals surface area contributed by atoms with Crippen molar-refractivity contribution in [2.24, 2.45) is 5.73 Å². The predicted molar refractivity (Wildman–Crippen MR) is 102 cm³/mol. The molecule has 6 nitrogen and oxygen atoms in total. The van der Waals surface area contributed by atoms with E-state index in [1.807, 2.05) is 25.1 Å². The molecule has 2 aromatic rings. The highest BCUT2D eigenvalue weighted by molar-refractivity contribution is 5.85. The van der Waals surface area contributed by atoms with Gasteiger partial charge in [0, 0.05) is 43.0 Å². The Hall–Kier alpha value is -1.63. The van der Waals surface area contributed by atoms with Gasteiger partial charge in [0.1, 0.15) is 18.0 Å². The SMILES string of the molecule is Cc1cccnc1NCCNc1cc(C2CC(N)C2)ncn1.Cl.Cl. The van der Waals surface area contributed by atoms with E-state index in [9.17, 15) is 0 Å². The van der Waals surface area contributed by atoms with Gasteiger partial charge >= 0.3 is 0 Å². The second kappa shape index (κ2) is 9.61. The topological polar surface area (TPSA) is 88.8 Å². The molecule has 0 saturated heterocycles. The average Bonchev–Trinajstić information content (AvgIpc) is 2.50. The Labute approximate surface area is 154 Å². The second-order valence-electron chi connectivity index (χ2n) is 5.78. The van der Waals surface area contributed by atoms with Crippen LogP contribution in [-0.4, -0.2) is 34.1 Å². The molecule has 24 heavy (non-hydrogen) atoms. The molecule has 8 heteroatoms. The van der Waals surface area contributed by atoms with Crippen LogP contribution in [0, 0.1) is 6.92 Å². The molecule has 1 saturated carbocycles. The molecule has 4 N–H and O–H groups in total. The Bertz CT molecular complexity index is 633. The van der Waals surface area contributed by atoms with Gasteiger partial charge in [0.05, 0.1) is 0 Å². The second-order valence-corrected chi connectivity index (χ2v) is 5.78. The maximum Gasteiger partial charge on any atom is 0.129 e. The van der Waals surface area contributed by atoms with E-state index in [0.29, 0.717) is 12.0 Å². The summed E-state index contributed by atoms with van der Waals surface area (Å²) in [5, 5.41) is 6.63. The number of halogens is 2. The predicted octanol–water partition coefficient (Wildman–Crippen LogP) is 2.75. The molecular formula is C16H24Cl2N6. The highest BCUT2D eigenvalue weighted by Gasteiger charge is 2.28. The fraction of sp³-hybridized carbons (Fsp3) is 0.438. The van der Waals surface area contributed by atoms with Crippen molar-refractivity contribution in [2.75, 3.05) is 23.7 Å². The number of hydrogen-bond donors (Lipinski definition) is 3. The van der Waals surface area contributed by atoms with E-state index in [0.717, 1.165) is 48.8 Å². The van der Waals surface area contributed by atoms with E-state index < -0.39 is 0 Å². The zero-order chi connectivity index (χ0) is 15.4. The van der Waals surface area contributed by atoms with Gasteiger partial charge in [-0.2, -0.15) is 0 Å². The van der Waals surface area contributed by atoms with E-state index in [1.165, 1.54) is 0 Å². The Morgan fingerprint density at radius 3 is 2.58 bits per heavy atom. The zero-order valence-electron chi connectivity index (χ0n) is 13.6. The Morgan fingerprint density at radius 2 is 1.88 bits per heavy atom. The lowest BCUT2D eigenvalue weighted by molar-refractivity contribution is 0.345. The molecule has 0 atom stereocenters. The molecule has 1 aliphatic rings. The Kier molecular flexibility index (Phi) is 8.18. The summed E-state index contributed by atoms with van der Waals surface area (Å²) >= 11 is 0. The van der Waals surface area contributed by atoms with Crippen molar-refractivity contribution in [3.05, 3.63) is 42.0 Å². The molecule has 1 fully saturated rings. The Morgan fingerprint density at radius 1 is 1.12 bits per heavy atom. The zero-order valence-corrected chi connectivity index (χ0v) is 15.2. The van der Waals surface area contributed by atoms with Crippen molar-refractivity contribution < 1.29 is 0 Å². The molecule has 132 valence electrons. The van der Waals surface area contributed by atoms with Crippen LogP contribution in [0.1, 0.15) is 30.0 Å². The summed E-state index contributed by atoms with van der Waals surface area (Å²) in [6.07, 6.45) is 5.47. The maximum absolute atomic E-state index is 5.84. The number of pyridine rings is 1. The van der Waals surface area contributed by atoms with Crippen LogP contribution in [0.2, 0.25) is 0 Å². The minimum atomic E-state index is 0. The van der Waals surface area contributed by atoms with Crippen molar-refractivity contribution in [1.29, 1.82) is 0 Å². The van der Waals surface area contributed by atoms with Gasteiger partial charge in [-0.3, -0.25) is 0 Å². The number of nitrogens with zero attached hydrogens (tertiary/aromatic N) is 3. The summed E-state index contributed by atoms with van der Waals surface area (Å²) in [5.41, 5.74) is 8.07. The fourth-order valence-electron chi connectivity index (χ4n) is 2.64. The molecule has 0 aromatic carbocycles. The summed E-state index contributed by atoms with van der Waals surface area (Å²) in [4.78, 5) is 12.9. The quantitative estimate of drug-likeness (QED) is 0.677. The lowest BCUT2D eigenvalue weighted by atomic mass is 9.79. The van der Waals surface area contributed by atoms with E-state index in [2.05, 4.69) is 25.6 Å². The minimum absolute atomic E-state index is 0. The van der Waals surface area contributed by atoms with E-state index in [1.54, 1.807) is 12.5 Å². The summed E-state index contributed by atoms with van der Waals surface area (Å²) in [6, 6.07) is 6.35. The first-order valence-corrected chi connectivity index (χ1v) is 7.69. The molecule has 0 bridgehead atoms. The van der Waals surface area contributed by atoms with Crippen molar-refractivity contribution in [2.45, 2.75) is 31.7 Å². The number of aromatic nitrogens is 3. The van der Waals surface area contributed by atoms with Gasteiger partial charge in [-0.1, -0.05) is 6.07 Å². The lowest BCUT2D eigenvalue weighted by Gasteiger charge is -2.31. The van der Waals surface area contributed by atoms with Gasteiger partial charge in [-0.15, -0.1) is 24.8 Å². The molecular weight excluding hydrogens is 347 g/mol. The van der Waals surface area contributed by atoms with Crippen LogP contribution in [0.4, 0.5) is 11.6 Å². The van der Waals surface area contributed by atoms with Crippen LogP contribution in [0.25, 0.3) is 0 Å². The summed E-state index contributed by atoms with van der Waals surface area (Å²) in [7, 11) is 0. The number of hydrogen-bond acceptors (Lipinski definition) is 6. The van der Waals surface area contributed by atoms with Gasteiger partial charge in [0.25, 0.3) is 0 Å². The molecule has 0 aliphatic heterocycles. The molecule has 0 spiro atoms. The third-order valence-electron chi connectivity index (χ3n) is 4.01. The van der Waals surface area contributed by atoms with E-state index in [4.69, 9.17) is 5.73 Å². The van der Waals surface area contributed by atoms with Gasteiger partial charge in [-0.25, -0.2) is 15.0 Å². The van der Waals surface area contributed by atoms with E-state index in [-0.39, 0.29) is 24.8 Å². The first-order valence-electron chi connectivity index (χ1n) is 7.69. The third kappa shape index (κ3) is 5.19. The van der Waals surface area contributed by atoms with Crippen LogP contribution in [0.5, 0.6) is 0 Å². The molecule has 2 aromatic heterocycles. The monoisotopic (exact) mass is 370 g/mol. The van der Waals surface area contributed by atoms with Crippen LogP contribution < -0.4 is 16.4 Å². The maximum atomic E-state index is 5.84. The highest BCUT2D eigenvalue weighted by Crippen LogP contribution is 2.34. The standard InChI is InChI=1S/C16H22N6.2ClH/c1-11-3-2-4-19-16(11)20-6-5-18-15-9-14(21-10-22-15)12-7-13(17)8-12;;/h2-4,9-10,12-13H,5-8,17H2,1H3,(H,19,20)(H,18,21,22);2*1H. The van der Waals surface area contributed by atoms with Gasteiger partial charge < -0.3 is 16.4 Å². The molecule has 2 heterocycles. The van der Waals surface area contributed by atoms with Crippen molar-refractivity contribution in [3.63, 3.8) is 0 Å². The number of rotatable bonds is 6. The number of nitrogens with one attached hydrogen (secondary N) is 2. The van der Waals surface area contributed by atoms with Crippen LogP contribution in [0.3, 0.4) is 0 Å². The first-order chi connectivity index (χ1) is 10.7. The lowest BCUT2D eigenvalue weighted by Crippen LogP contribution is -2.35. The Balaban J connectivity index is 0.00000144. The third-order valence-corrected chi connectivity index (χ3v) is 4.01. The van der Waals surface area contributed by atoms with Crippen molar-refractivity contribution in [3.8, 4) is 0 Å². The fourth-order valence-corrected chi connectivity index (χ4v) is 2.64. The van der Waals surface area contributed by atoms with Gasteiger partial charge in [0.2, 0.25) is 0 Å². The summed E-state index contributed by atoms with van der Waals surface area (Å²) < 4.78 is 0. The van der Waals surface area contributed by atoms with Crippen LogP contribution in [-0.2, 0) is 0 Å². The molecule has 0 amide bonds. The summed E-state index contributed by atoms with van der Waals surface area (Å²) in [5.74, 6) is 2.29. The van der Waals surface area contributed by atoms with Gasteiger partial charge in [-0.05, 0) is 31.4 Å². The van der Waals surface area contributed by atoms with E-state index >= 15 is 0 Å². The van der Waals surface area contributed by atoms with Crippen molar-refractivity contribution >= 4 is 36.4 Å². The van der Waals surface area contributed by atoms with Crippen molar-refractivity contribution in [1.82, 2.24) is 15.0 Å². The van der Waals surface area contributed by atoms with Gasteiger partial charge in [0.15, 0.2) is 0 Å². The molecule has 3 rings (SSSR count). The largest absolute Gasteiger partial charge is 0.368 e. The number of anilines is 2. The number of aryl methyl sites for hydroxylation is 1. The highest BCUT2D eigenvalue weighted by atomic mass is 35.5. The van der Waals surface area contributed by atoms with Crippen LogP contribution in [0.15, 0.2) is 30.7 Å². The van der Waals surface area contributed by atoms with Crippen LogP contribution >= 0.6 is 24.8 Å². The average molecular weight is 371 g/mol. The minimum Gasteiger partial charge on any atom is -0.368 e. The summed E-state index contributed by atoms with van der Waals surface area (Å²) in [6.45, 7) is 3.60. The number of nitrogens with two attached hydrogens (primary N) is 1. The molecule has 1 aliphatic carbocycles. The first kappa shape index (κ1) is 20.4. The smallest absolute Gasteiger partial charge is 0.129 e. The molecule has 0 radical (unpaired) electrons.